The highest BCUT2D eigenvalue weighted by atomic mass is 16.5. The molecule has 3 amide bonds. The van der Waals surface area contributed by atoms with Gasteiger partial charge in [0.15, 0.2) is 0 Å². The summed E-state index contributed by atoms with van der Waals surface area (Å²) in [6.07, 6.45) is 8.95. The van der Waals surface area contributed by atoms with Gasteiger partial charge in [0.25, 0.3) is 5.91 Å². The topological polar surface area (TPSA) is 113 Å². The largest absolute Gasteiger partial charge is 0.496 e. The molecule has 9 heteroatoms. The number of ether oxygens (including phenoxy) is 2. The Balaban J connectivity index is 1.39. The quantitative estimate of drug-likeness (QED) is 0.533. The molecule has 1 aromatic carbocycles. The van der Waals surface area contributed by atoms with E-state index in [2.05, 4.69) is 21.5 Å². The third-order valence-corrected chi connectivity index (χ3v) is 7.90. The summed E-state index contributed by atoms with van der Waals surface area (Å²) in [4.78, 5) is 44.2. The molecule has 190 valence electrons. The Labute approximate surface area is 210 Å². The van der Waals surface area contributed by atoms with E-state index < -0.39 is 12.1 Å². The predicted octanol–water partition coefficient (Wildman–Crippen LogP) is 1.83. The fraction of sp³-hybridized carbons (Fsp3) is 0.519. The number of likely N-dealkylation sites (tertiary alicyclic amines) is 1. The highest BCUT2D eigenvalue weighted by molar-refractivity contribution is 6.02. The number of rotatable bonds is 6. The van der Waals surface area contributed by atoms with Crippen molar-refractivity contribution in [2.24, 2.45) is 11.3 Å². The van der Waals surface area contributed by atoms with Crippen molar-refractivity contribution in [2.75, 3.05) is 33.4 Å². The lowest BCUT2D eigenvalue weighted by molar-refractivity contribution is -0.126. The van der Waals surface area contributed by atoms with E-state index in [1.807, 2.05) is 18.2 Å². The Morgan fingerprint density at radius 1 is 1.36 bits per heavy atom. The number of nitrogens with one attached hydrogen (secondary N) is 3. The number of hydrogen-bond acceptors (Lipinski definition) is 5. The first-order valence-corrected chi connectivity index (χ1v) is 12.5. The average molecular weight is 493 g/mol. The lowest BCUT2D eigenvalue weighted by Gasteiger charge is -2.32. The number of methoxy groups -OCH3 is 1. The third-order valence-electron chi connectivity index (χ3n) is 7.90. The molecule has 0 radical (unpaired) electrons. The first kappa shape index (κ1) is 24.2. The monoisotopic (exact) mass is 492 g/mol. The van der Waals surface area contributed by atoms with Gasteiger partial charge in [-0.05, 0) is 55.7 Å². The fourth-order valence-corrected chi connectivity index (χ4v) is 5.84. The number of hydrogen-bond donors (Lipinski definition) is 3. The van der Waals surface area contributed by atoms with E-state index in [1.165, 1.54) is 0 Å². The first-order chi connectivity index (χ1) is 17.4. The normalized spacial score (nSPS) is 23.9. The molecule has 3 fully saturated rings. The molecule has 3 unspecified atom stereocenters. The number of aromatic amines is 1. The molecule has 0 saturated carbocycles. The lowest BCUT2D eigenvalue weighted by Crippen LogP contribution is -2.49. The van der Waals surface area contributed by atoms with Crippen molar-refractivity contribution in [1.29, 1.82) is 0 Å². The molecule has 36 heavy (non-hydrogen) atoms. The highest BCUT2D eigenvalue weighted by Crippen LogP contribution is 2.43. The van der Waals surface area contributed by atoms with Gasteiger partial charge in [-0.2, -0.15) is 0 Å². The average Bonchev–Trinajstić information content (AvgIpc) is 3.60. The Morgan fingerprint density at radius 2 is 2.17 bits per heavy atom. The van der Waals surface area contributed by atoms with Gasteiger partial charge in [0.2, 0.25) is 11.8 Å². The van der Waals surface area contributed by atoms with Crippen LogP contribution in [-0.2, 0) is 14.3 Å². The van der Waals surface area contributed by atoms with Crippen LogP contribution in [0.25, 0.3) is 10.9 Å². The van der Waals surface area contributed by atoms with Crippen molar-refractivity contribution < 1.29 is 23.9 Å². The van der Waals surface area contributed by atoms with Gasteiger partial charge in [-0.1, -0.05) is 12.0 Å². The van der Waals surface area contributed by atoms with Crippen LogP contribution in [0.4, 0.5) is 0 Å². The van der Waals surface area contributed by atoms with Gasteiger partial charge in [-0.3, -0.25) is 14.4 Å². The summed E-state index contributed by atoms with van der Waals surface area (Å²) >= 11 is 0. The highest BCUT2D eigenvalue weighted by Gasteiger charge is 2.49. The van der Waals surface area contributed by atoms with Gasteiger partial charge in [-0.25, -0.2) is 0 Å². The minimum absolute atomic E-state index is 0.0300. The van der Waals surface area contributed by atoms with E-state index in [0.717, 1.165) is 23.7 Å². The number of terminal acetylenes is 1. The van der Waals surface area contributed by atoms with Crippen molar-refractivity contribution >= 4 is 28.6 Å². The molecule has 4 heterocycles. The molecule has 5 rings (SSSR count). The summed E-state index contributed by atoms with van der Waals surface area (Å²) in [5, 5.41) is 6.57. The number of aromatic nitrogens is 1. The summed E-state index contributed by atoms with van der Waals surface area (Å²) in [6.45, 7) is 2.33. The summed E-state index contributed by atoms with van der Waals surface area (Å²) < 4.78 is 11.0. The van der Waals surface area contributed by atoms with Crippen LogP contribution in [0.3, 0.4) is 0 Å². The number of fused-ring (bicyclic) bond motifs is 1. The minimum Gasteiger partial charge on any atom is -0.496 e. The molecule has 3 saturated heterocycles. The fourth-order valence-electron chi connectivity index (χ4n) is 5.84. The zero-order valence-electron chi connectivity index (χ0n) is 20.5. The van der Waals surface area contributed by atoms with Crippen LogP contribution < -0.4 is 15.4 Å². The van der Waals surface area contributed by atoms with Crippen LogP contribution in [0.15, 0.2) is 24.3 Å². The Hall–Kier alpha value is -3.51. The number of amides is 3. The number of benzene rings is 1. The van der Waals surface area contributed by atoms with E-state index in [0.29, 0.717) is 57.0 Å². The molecule has 9 nitrogen and oxygen atoms in total. The second-order valence-electron chi connectivity index (χ2n) is 10.1. The molecule has 3 aliphatic heterocycles. The van der Waals surface area contributed by atoms with E-state index in [-0.39, 0.29) is 29.1 Å². The zero-order valence-corrected chi connectivity index (χ0v) is 20.5. The van der Waals surface area contributed by atoms with E-state index in [4.69, 9.17) is 15.9 Å². The molecule has 1 aromatic heterocycles. The Bertz CT molecular complexity index is 1210. The Kier molecular flexibility index (Phi) is 6.63. The molecule has 0 bridgehead atoms. The summed E-state index contributed by atoms with van der Waals surface area (Å²) in [5.41, 5.74) is 1.03. The molecule has 2 aromatic rings. The second kappa shape index (κ2) is 9.86. The summed E-state index contributed by atoms with van der Waals surface area (Å²) in [7, 11) is 1.59. The van der Waals surface area contributed by atoms with Crippen molar-refractivity contribution in [1.82, 2.24) is 20.5 Å². The van der Waals surface area contributed by atoms with Crippen LogP contribution in [0.2, 0.25) is 0 Å². The van der Waals surface area contributed by atoms with Gasteiger partial charge < -0.3 is 30.0 Å². The van der Waals surface area contributed by atoms with E-state index >= 15 is 0 Å². The van der Waals surface area contributed by atoms with Crippen molar-refractivity contribution in [3.05, 3.63) is 30.0 Å². The third kappa shape index (κ3) is 4.53. The van der Waals surface area contributed by atoms with E-state index in [1.54, 1.807) is 18.1 Å². The van der Waals surface area contributed by atoms with Gasteiger partial charge >= 0.3 is 0 Å². The number of carbonyl (C=O) groups excluding carboxylic acids is 3. The van der Waals surface area contributed by atoms with E-state index in [9.17, 15) is 14.4 Å². The maximum Gasteiger partial charge on any atom is 0.271 e. The SMILES string of the molecule is C#CC(CC1CCNC1=O)NC(=O)C1CC2(CCOCC2)CN1C(=O)c1cc2c(OC)cccc2[nH]1. The van der Waals surface area contributed by atoms with Crippen LogP contribution >= 0.6 is 0 Å². The van der Waals surface area contributed by atoms with Crippen LogP contribution in [0, 0.1) is 23.7 Å². The van der Waals surface area contributed by atoms with Gasteiger partial charge in [0.05, 0.1) is 13.2 Å². The number of nitrogens with zero attached hydrogens (tertiary/aromatic N) is 1. The minimum atomic E-state index is -0.655. The second-order valence-corrected chi connectivity index (χ2v) is 10.1. The first-order valence-electron chi connectivity index (χ1n) is 12.5. The Morgan fingerprint density at radius 3 is 2.86 bits per heavy atom. The van der Waals surface area contributed by atoms with Gasteiger partial charge in [0.1, 0.15) is 17.5 Å². The van der Waals surface area contributed by atoms with Crippen molar-refractivity contribution in [2.45, 2.75) is 44.2 Å². The zero-order chi connectivity index (χ0) is 25.3. The van der Waals surface area contributed by atoms with Crippen LogP contribution in [-0.4, -0.2) is 73.1 Å². The maximum atomic E-state index is 13.8. The molecule has 0 aliphatic carbocycles. The standard InChI is InChI=1S/C27H32N4O5/c1-3-18(13-17-7-10-28-24(17)32)29-25(33)22-15-27(8-11-36-12-9-27)16-31(22)26(34)21-14-19-20(30-21)5-4-6-23(19)35-2/h1,4-6,14,17-18,22,30H,7-13,15-16H2,2H3,(H,28,32)(H,29,33). The number of H-pyrrole nitrogens is 1. The summed E-state index contributed by atoms with van der Waals surface area (Å²) in [5.74, 6) is 2.55. The van der Waals surface area contributed by atoms with Crippen molar-refractivity contribution in [3.8, 4) is 18.1 Å². The molecule has 3 atom stereocenters. The van der Waals surface area contributed by atoms with Gasteiger partial charge in [-0.15, -0.1) is 6.42 Å². The molecule has 1 spiro atoms. The lowest BCUT2D eigenvalue weighted by atomic mass is 9.78. The number of carbonyl (C=O) groups is 3. The van der Waals surface area contributed by atoms with Crippen molar-refractivity contribution in [3.63, 3.8) is 0 Å². The smallest absolute Gasteiger partial charge is 0.271 e. The molecule has 3 aliphatic rings. The molecule has 3 N–H and O–H groups in total. The predicted molar refractivity (Wildman–Crippen MR) is 133 cm³/mol. The molecular formula is C27H32N4O5. The maximum absolute atomic E-state index is 13.8. The van der Waals surface area contributed by atoms with Crippen LogP contribution in [0.1, 0.15) is 42.6 Å². The van der Waals surface area contributed by atoms with Crippen LogP contribution in [0.5, 0.6) is 5.75 Å². The van der Waals surface area contributed by atoms with Gasteiger partial charge in [0, 0.05) is 43.1 Å². The molecular weight excluding hydrogens is 460 g/mol. The summed E-state index contributed by atoms with van der Waals surface area (Å²) in [6, 6.07) is 6.14.